The molecule has 0 aliphatic carbocycles. The summed E-state index contributed by atoms with van der Waals surface area (Å²) < 4.78 is 30.2. The summed E-state index contributed by atoms with van der Waals surface area (Å²) in [5, 5.41) is 12.0. The van der Waals surface area contributed by atoms with Crippen LogP contribution in [0, 0.1) is 12.8 Å². The van der Waals surface area contributed by atoms with Gasteiger partial charge in [-0.1, -0.05) is 26.0 Å². The first-order chi connectivity index (χ1) is 15.2. The topological polar surface area (TPSA) is 92.7 Å². The van der Waals surface area contributed by atoms with Crippen LogP contribution < -0.4 is 10.1 Å². The predicted molar refractivity (Wildman–Crippen MR) is 130 cm³/mol. The quantitative estimate of drug-likeness (QED) is 0.310. The van der Waals surface area contributed by atoms with Crippen molar-refractivity contribution in [3.63, 3.8) is 0 Å². The first kappa shape index (κ1) is 26.2. The number of carboxylic acids is 1. The molecule has 0 atom stereocenters. The van der Waals surface area contributed by atoms with Crippen molar-refractivity contribution in [3.05, 3.63) is 53.6 Å². The lowest BCUT2D eigenvalue weighted by Crippen LogP contribution is -2.21. The molecule has 2 aromatic rings. The van der Waals surface area contributed by atoms with E-state index in [2.05, 4.69) is 19.2 Å². The van der Waals surface area contributed by atoms with E-state index in [0.717, 1.165) is 34.7 Å². The number of carbonyl (C=O) groups is 1. The molecule has 0 amide bonds. The zero-order valence-electron chi connectivity index (χ0n) is 19.0. The highest BCUT2D eigenvalue weighted by atomic mass is 32.2. The SMILES string of the molecule is Cc1cc(SCCNCCCS(=O)(=O)c2ccc(CC(C)C)cc2)ccc1OCC(=O)O. The van der Waals surface area contributed by atoms with Gasteiger partial charge in [0, 0.05) is 17.2 Å². The first-order valence-electron chi connectivity index (χ1n) is 10.8. The number of benzene rings is 2. The van der Waals surface area contributed by atoms with Crippen LogP contribution >= 0.6 is 11.8 Å². The highest BCUT2D eigenvalue weighted by Gasteiger charge is 2.14. The molecule has 176 valence electrons. The Morgan fingerprint density at radius 1 is 1.12 bits per heavy atom. The van der Waals surface area contributed by atoms with Gasteiger partial charge >= 0.3 is 5.97 Å². The van der Waals surface area contributed by atoms with E-state index in [0.29, 0.717) is 29.5 Å². The monoisotopic (exact) mass is 479 g/mol. The minimum atomic E-state index is -3.25. The Kier molecular flexibility index (Phi) is 10.5. The number of rotatable bonds is 14. The summed E-state index contributed by atoms with van der Waals surface area (Å²) in [6, 6.07) is 12.9. The van der Waals surface area contributed by atoms with Crippen molar-refractivity contribution in [2.24, 2.45) is 5.92 Å². The number of aryl methyl sites for hydroxylation is 1. The molecule has 0 fully saturated rings. The average Bonchev–Trinajstić information content (AvgIpc) is 2.72. The highest BCUT2D eigenvalue weighted by molar-refractivity contribution is 7.99. The van der Waals surface area contributed by atoms with Crippen LogP contribution in [0.2, 0.25) is 0 Å². The molecule has 0 bridgehead atoms. The lowest BCUT2D eigenvalue weighted by molar-refractivity contribution is -0.139. The van der Waals surface area contributed by atoms with E-state index >= 15 is 0 Å². The maximum Gasteiger partial charge on any atom is 0.341 e. The third-order valence-electron chi connectivity index (χ3n) is 4.74. The number of carboxylic acid groups (broad SMARTS) is 1. The van der Waals surface area contributed by atoms with E-state index in [9.17, 15) is 13.2 Å². The molecule has 0 aromatic heterocycles. The van der Waals surface area contributed by atoms with Gasteiger partial charge in [-0.15, -0.1) is 11.8 Å². The van der Waals surface area contributed by atoms with Gasteiger partial charge in [-0.3, -0.25) is 0 Å². The molecule has 0 radical (unpaired) electrons. The molecule has 0 aliphatic heterocycles. The van der Waals surface area contributed by atoms with E-state index in [4.69, 9.17) is 9.84 Å². The molecule has 0 unspecified atom stereocenters. The standard InChI is InChI=1S/C24H33NO5S2/c1-18(2)15-20-5-8-22(9-6-20)32(28,29)14-4-11-25-12-13-31-21-7-10-23(19(3)16-21)30-17-24(26)27/h5-10,16,18,25H,4,11-15,17H2,1-3H3,(H,26,27). The normalized spacial score (nSPS) is 11.6. The Labute approximate surface area is 195 Å². The van der Waals surface area contributed by atoms with Crippen LogP contribution in [0.1, 0.15) is 31.4 Å². The Morgan fingerprint density at radius 2 is 1.84 bits per heavy atom. The molecule has 0 saturated carbocycles. The van der Waals surface area contributed by atoms with E-state index < -0.39 is 15.8 Å². The first-order valence-corrected chi connectivity index (χ1v) is 13.4. The number of nitrogens with one attached hydrogen (secondary N) is 1. The molecule has 2 N–H and O–H groups in total. The van der Waals surface area contributed by atoms with Crippen molar-refractivity contribution < 1.29 is 23.1 Å². The second-order valence-corrected chi connectivity index (χ2v) is 11.4. The molecule has 2 aromatic carbocycles. The van der Waals surface area contributed by atoms with Crippen molar-refractivity contribution in [1.82, 2.24) is 5.32 Å². The number of aliphatic carboxylic acids is 1. The van der Waals surface area contributed by atoms with Gasteiger partial charge in [-0.25, -0.2) is 13.2 Å². The van der Waals surface area contributed by atoms with Gasteiger partial charge in [0.1, 0.15) is 5.75 Å². The van der Waals surface area contributed by atoms with Crippen LogP contribution in [0.5, 0.6) is 5.75 Å². The number of thioether (sulfide) groups is 1. The van der Waals surface area contributed by atoms with E-state index in [1.165, 1.54) is 0 Å². The predicted octanol–water partition coefficient (Wildman–Crippen LogP) is 4.20. The van der Waals surface area contributed by atoms with Gasteiger partial charge in [-0.2, -0.15) is 0 Å². The van der Waals surface area contributed by atoms with E-state index in [-0.39, 0.29) is 12.4 Å². The van der Waals surface area contributed by atoms with Crippen LogP contribution in [-0.2, 0) is 21.1 Å². The second kappa shape index (κ2) is 12.9. The number of hydrogen-bond donors (Lipinski definition) is 2. The zero-order chi connectivity index (χ0) is 23.6. The summed E-state index contributed by atoms with van der Waals surface area (Å²) in [5.74, 6) is 1.10. The third kappa shape index (κ3) is 9.22. The Hall–Kier alpha value is -2.03. The summed E-state index contributed by atoms with van der Waals surface area (Å²) in [4.78, 5) is 12.1. The summed E-state index contributed by atoms with van der Waals surface area (Å²) in [5.41, 5.74) is 2.06. The minimum Gasteiger partial charge on any atom is -0.482 e. The molecule has 0 heterocycles. The van der Waals surface area contributed by atoms with Gasteiger partial charge < -0.3 is 15.2 Å². The highest BCUT2D eigenvalue weighted by Crippen LogP contribution is 2.25. The van der Waals surface area contributed by atoms with E-state index in [1.807, 2.05) is 31.2 Å². The number of ether oxygens (including phenoxy) is 1. The maximum atomic E-state index is 12.5. The molecular formula is C24H33NO5S2. The molecule has 8 heteroatoms. The fourth-order valence-corrected chi connectivity index (χ4v) is 5.41. The fraction of sp³-hybridized carbons (Fsp3) is 0.458. The largest absolute Gasteiger partial charge is 0.482 e. The Morgan fingerprint density at radius 3 is 2.47 bits per heavy atom. The van der Waals surface area contributed by atoms with Crippen LogP contribution in [0.3, 0.4) is 0 Å². The molecule has 32 heavy (non-hydrogen) atoms. The second-order valence-electron chi connectivity index (χ2n) is 8.12. The minimum absolute atomic E-state index is 0.133. The van der Waals surface area contributed by atoms with Gasteiger partial charge in [0.25, 0.3) is 0 Å². The van der Waals surface area contributed by atoms with Crippen LogP contribution in [0.4, 0.5) is 0 Å². The summed E-state index contributed by atoms with van der Waals surface area (Å²) in [6.45, 7) is 7.24. The smallest absolute Gasteiger partial charge is 0.341 e. The third-order valence-corrected chi connectivity index (χ3v) is 7.55. The summed E-state index contributed by atoms with van der Waals surface area (Å²) in [7, 11) is -3.25. The van der Waals surface area contributed by atoms with Crippen LogP contribution in [0.25, 0.3) is 0 Å². The zero-order valence-corrected chi connectivity index (χ0v) is 20.6. The van der Waals surface area contributed by atoms with Crippen molar-refractivity contribution in [3.8, 4) is 5.75 Å². The van der Waals surface area contributed by atoms with Crippen molar-refractivity contribution in [2.45, 2.75) is 43.4 Å². The lowest BCUT2D eigenvalue weighted by Gasteiger charge is -2.10. The van der Waals surface area contributed by atoms with Gasteiger partial charge in [0.05, 0.1) is 10.6 Å². The van der Waals surface area contributed by atoms with Crippen LogP contribution in [-0.4, -0.2) is 50.7 Å². The fourth-order valence-electron chi connectivity index (χ4n) is 3.19. The van der Waals surface area contributed by atoms with Gasteiger partial charge in [-0.05, 0) is 73.7 Å². The molecule has 0 saturated heterocycles. The maximum absolute atomic E-state index is 12.5. The number of hydrogen-bond acceptors (Lipinski definition) is 6. The molecule has 0 aliphatic rings. The van der Waals surface area contributed by atoms with Crippen molar-refractivity contribution in [1.29, 1.82) is 0 Å². The van der Waals surface area contributed by atoms with E-state index in [1.54, 1.807) is 30.0 Å². The Balaban J connectivity index is 1.66. The van der Waals surface area contributed by atoms with Crippen molar-refractivity contribution >= 4 is 27.6 Å². The molecule has 0 spiro atoms. The molecule has 2 rings (SSSR count). The Bertz CT molecular complexity index is 972. The number of sulfone groups is 1. The van der Waals surface area contributed by atoms with Gasteiger partial charge in [0.15, 0.2) is 16.4 Å². The summed E-state index contributed by atoms with van der Waals surface area (Å²) >= 11 is 1.68. The molecular weight excluding hydrogens is 446 g/mol. The summed E-state index contributed by atoms with van der Waals surface area (Å²) in [6.07, 6.45) is 1.51. The average molecular weight is 480 g/mol. The van der Waals surface area contributed by atoms with Crippen molar-refractivity contribution in [2.75, 3.05) is 31.2 Å². The molecule has 6 nitrogen and oxygen atoms in total. The van der Waals surface area contributed by atoms with Crippen LogP contribution in [0.15, 0.2) is 52.3 Å². The lowest BCUT2D eigenvalue weighted by atomic mass is 10.0. The van der Waals surface area contributed by atoms with Gasteiger partial charge in [0.2, 0.25) is 0 Å².